The summed E-state index contributed by atoms with van der Waals surface area (Å²) in [7, 11) is 0. The van der Waals surface area contributed by atoms with Crippen LogP contribution in [0.4, 0.5) is 0 Å². The van der Waals surface area contributed by atoms with Crippen LogP contribution in [0.1, 0.15) is 27.5 Å². The number of carbonyl (C=O) groups is 1. The summed E-state index contributed by atoms with van der Waals surface area (Å²) in [6.07, 6.45) is 6.72. The molecule has 2 aromatic heterocycles. The molecule has 3 heterocycles. The van der Waals surface area contributed by atoms with E-state index in [1.165, 1.54) is 6.33 Å². The summed E-state index contributed by atoms with van der Waals surface area (Å²) in [4.78, 5) is 23.3. The molecule has 1 fully saturated rings. The molecule has 1 N–H and O–H groups in total. The van der Waals surface area contributed by atoms with E-state index in [1.807, 2.05) is 48.4 Å². The lowest BCUT2D eigenvalue weighted by Crippen LogP contribution is -2.48. The zero-order valence-electron chi connectivity index (χ0n) is 14.9. The number of hydrogen-bond donors (Lipinski definition) is 1. The maximum absolute atomic E-state index is 13.2. The highest BCUT2D eigenvalue weighted by atomic mass is 35.5. The van der Waals surface area contributed by atoms with E-state index < -0.39 is 0 Å². The van der Waals surface area contributed by atoms with Crippen molar-refractivity contribution in [2.45, 2.75) is 13.0 Å². The van der Waals surface area contributed by atoms with Crippen molar-refractivity contribution in [1.29, 1.82) is 0 Å². The van der Waals surface area contributed by atoms with Crippen LogP contribution in [0.3, 0.4) is 0 Å². The first-order valence-corrected chi connectivity index (χ1v) is 8.61. The Morgan fingerprint density at radius 1 is 1.26 bits per heavy atom. The van der Waals surface area contributed by atoms with Gasteiger partial charge >= 0.3 is 0 Å². The minimum atomic E-state index is -0.0145. The minimum Gasteiger partial charge on any atom is -0.329 e. The van der Waals surface area contributed by atoms with Gasteiger partial charge in [0.2, 0.25) is 0 Å². The SMILES string of the molecule is Cc1cc(-n2cncn2)ccc1C(=O)N1CCNCC1c1cccnc1.Cl. The van der Waals surface area contributed by atoms with Gasteiger partial charge in [-0.15, -0.1) is 12.4 Å². The van der Waals surface area contributed by atoms with Gasteiger partial charge in [-0.1, -0.05) is 6.07 Å². The molecule has 0 spiro atoms. The van der Waals surface area contributed by atoms with Gasteiger partial charge in [-0.2, -0.15) is 5.10 Å². The zero-order valence-corrected chi connectivity index (χ0v) is 15.8. The number of aryl methyl sites for hydroxylation is 1. The van der Waals surface area contributed by atoms with E-state index in [1.54, 1.807) is 17.2 Å². The predicted molar refractivity (Wildman–Crippen MR) is 104 cm³/mol. The van der Waals surface area contributed by atoms with Crippen molar-refractivity contribution in [2.24, 2.45) is 0 Å². The van der Waals surface area contributed by atoms with Gasteiger partial charge in [0.25, 0.3) is 5.91 Å². The standard InChI is InChI=1S/C19H20N6O.ClH/c1-14-9-16(25-13-22-12-23-25)4-5-17(14)19(26)24-8-7-21-11-18(24)15-3-2-6-20-10-15;/h2-6,9-10,12-13,18,21H,7-8,11H2,1H3;1H. The lowest BCUT2D eigenvalue weighted by molar-refractivity contribution is 0.0633. The highest BCUT2D eigenvalue weighted by Crippen LogP contribution is 2.25. The monoisotopic (exact) mass is 384 g/mol. The Morgan fingerprint density at radius 3 is 2.85 bits per heavy atom. The fourth-order valence-corrected chi connectivity index (χ4v) is 3.34. The molecule has 0 aliphatic carbocycles. The number of hydrogen-bond acceptors (Lipinski definition) is 5. The number of nitrogens with zero attached hydrogens (tertiary/aromatic N) is 5. The Labute approximate surface area is 163 Å². The molecule has 1 aromatic carbocycles. The van der Waals surface area contributed by atoms with Crippen molar-refractivity contribution in [2.75, 3.05) is 19.6 Å². The molecule has 1 aliphatic heterocycles. The second-order valence-corrected chi connectivity index (χ2v) is 6.34. The van der Waals surface area contributed by atoms with Gasteiger partial charge in [0.1, 0.15) is 12.7 Å². The molecule has 27 heavy (non-hydrogen) atoms. The Morgan fingerprint density at radius 2 is 2.15 bits per heavy atom. The second-order valence-electron chi connectivity index (χ2n) is 6.34. The molecule has 0 saturated carbocycles. The van der Waals surface area contributed by atoms with Crippen molar-refractivity contribution in [1.82, 2.24) is 30.0 Å². The van der Waals surface area contributed by atoms with E-state index in [4.69, 9.17) is 0 Å². The van der Waals surface area contributed by atoms with Crippen LogP contribution in [0, 0.1) is 6.92 Å². The fourth-order valence-electron chi connectivity index (χ4n) is 3.34. The molecule has 7 nitrogen and oxygen atoms in total. The third-order valence-corrected chi connectivity index (χ3v) is 4.70. The largest absolute Gasteiger partial charge is 0.329 e. The number of halogens is 1. The number of amides is 1. The van der Waals surface area contributed by atoms with Gasteiger partial charge in [0.15, 0.2) is 0 Å². The van der Waals surface area contributed by atoms with Crippen molar-refractivity contribution in [3.63, 3.8) is 0 Å². The molecule has 1 saturated heterocycles. The molecule has 8 heteroatoms. The van der Waals surface area contributed by atoms with Crippen LogP contribution < -0.4 is 5.32 Å². The number of pyridine rings is 1. The van der Waals surface area contributed by atoms with E-state index in [-0.39, 0.29) is 24.4 Å². The summed E-state index contributed by atoms with van der Waals surface area (Å²) in [6, 6.07) is 9.64. The van der Waals surface area contributed by atoms with E-state index in [0.717, 1.165) is 29.9 Å². The summed E-state index contributed by atoms with van der Waals surface area (Å²) in [6.45, 7) is 4.14. The Hall–Kier alpha value is -2.77. The molecular weight excluding hydrogens is 364 g/mol. The summed E-state index contributed by atoms with van der Waals surface area (Å²) in [5.74, 6) is 0.0444. The fraction of sp³-hybridized carbons (Fsp3) is 0.263. The van der Waals surface area contributed by atoms with Gasteiger partial charge in [0.05, 0.1) is 11.7 Å². The van der Waals surface area contributed by atoms with Crippen LogP contribution in [0.2, 0.25) is 0 Å². The number of carbonyl (C=O) groups excluding carboxylic acids is 1. The molecule has 1 amide bonds. The van der Waals surface area contributed by atoms with Gasteiger partial charge in [-0.25, -0.2) is 9.67 Å². The molecule has 1 atom stereocenters. The van der Waals surface area contributed by atoms with Crippen molar-refractivity contribution >= 4 is 18.3 Å². The van der Waals surface area contributed by atoms with Crippen LogP contribution in [-0.2, 0) is 0 Å². The van der Waals surface area contributed by atoms with Crippen molar-refractivity contribution < 1.29 is 4.79 Å². The summed E-state index contributed by atoms with van der Waals surface area (Å²) in [5.41, 5.74) is 3.57. The Kier molecular flexibility index (Phi) is 5.83. The molecule has 1 unspecified atom stereocenters. The first-order chi connectivity index (χ1) is 12.7. The first kappa shape index (κ1) is 19.0. The average Bonchev–Trinajstić information content (AvgIpc) is 3.23. The molecule has 0 bridgehead atoms. The van der Waals surface area contributed by atoms with Gasteiger partial charge in [0, 0.05) is 37.6 Å². The number of nitrogens with one attached hydrogen (secondary N) is 1. The van der Waals surface area contributed by atoms with Gasteiger partial charge < -0.3 is 10.2 Å². The van der Waals surface area contributed by atoms with Crippen LogP contribution >= 0.6 is 12.4 Å². The van der Waals surface area contributed by atoms with Crippen molar-refractivity contribution in [3.8, 4) is 5.69 Å². The van der Waals surface area contributed by atoms with Gasteiger partial charge in [-0.05, 0) is 42.3 Å². The van der Waals surface area contributed by atoms with Crippen molar-refractivity contribution in [3.05, 3.63) is 72.1 Å². The van der Waals surface area contributed by atoms with E-state index in [9.17, 15) is 4.79 Å². The van der Waals surface area contributed by atoms with Crippen LogP contribution in [0.5, 0.6) is 0 Å². The molecule has 140 valence electrons. The maximum Gasteiger partial charge on any atom is 0.254 e. The topological polar surface area (TPSA) is 75.9 Å². The number of piperazine rings is 1. The van der Waals surface area contributed by atoms with Gasteiger partial charge in [-0.3, -0.25) is 9.78 Å². The third kappa shape index (κ3) is 3.84. The Bertz CT molecular complexity index is 900. The van der Waals surface area contributed by atoms with Crippen LogP contribution in [0.15, 0.2) is 55.4 Å². The van der Waals surface area contributed by atoms with Crippen LogP contribution in [0.25, 0.3) is 5.69 Å². The smallest absolute Gasteiger partial charge is 0.254 e. The number of aromatic nitrogens is 4. The minimum absolute atomic E-state index is 0. The molecule has 3 aromatic rings. The zero-order chi connectivity index (χ0) is 17.9. The third-order valence-electron chi connectivity index (χ3n) is 4.70. The number of rotatable bonds is 3. The van der Waals surface area contributed by atoms with E-state index >= 15 is 0 Å². The molecular formula is C19H21ClN6O. The summed E-state index contributed by atoms with van der Waals surface area (Å²) < 4.78 is 1.69. The molecule has 1 aliphatic rings. The lowest BCUT2D eigenvalue weighted by atomic mass is 10.0. The Balaban J connectivity index is 0.00000210. The second kappa shape index (κ2) is 8.28. The first-order valence-electron chi connectivity index (χ1n) is 8.61. The quantitative estimate of drug-likeness (QED) is 0.749. The summed E-state index contributed by atoms with van der Waals surface area (Å²) in [5, 5.41) is 7.51. The molecule has 0 radical (unpaired) electrons. The maximum atomic E-state index is 13.2. The van der Waals surface area contributed by atoms with Crippen LogP contribution in [-0.4, -0.2) is 50.2 Å². The summed E-state index contributed by atoms with van der Waals surface area (Å²) >= 11 is 0. The predicted octanol–water partition coefficient (Wildman–Crippen LogP) is 2.18. The highest BCUT2D eigenvalue weighted by molar-refractivity contribution is 5.96. The number of benzene rings is 1. The molecule has 4 rings (SSSR count). The highest BCUT2D eigenvalue weighted by Gasteiger charge is 2.29. The lowest BCUT2D eigenvalue weighted by Gasteiger charge is -2.36. The van der Waals surface area contributed by atoms with E-state index in [2.05, 4.69) is 20.4 Å². The van der Waals surface area contributed by atoms with E-state index in [0.29, 0.717) is 12.1 Å². The normalized spacial score (nSPS) is 16.6. The average molecular weight is 385 g/mol.